The predicted octanol–water partition coefficient (Wildman–Crippen LogP) is 3.36. The van der Waals surface area contributed by atoms with Crippen LogP contribution in [0.25, 0.3) is 22.2 Å². The molecule has 3 aromatic heterocycles. The average Bonchev–Trinajstić information content (AvgIpc) is 2.83. The zero-order chi connectivity index (χ0) is 25.2. The first kappa shape index (κ1) is 25.1. The molecule has 1 aliphatic heterocycles. The van der Waals surface area contributed by atoms with Crippen LogP contribution in [0.5, 0.6) is 0 Å². The predicted molar refractivity (Wildman–Crippen MR) is 141 cm³/mol. The minimum atomic E-state index is -0.542. The van der Waals surface area contributed by atoms with Crippen LogP contribution in [0.4, 0.5) is 11.8 Å². The topological polar surface area (TPSA) is 122 Å². The fourth-order valence-electron chi connectivity index (χ4n) is 4.92. The van der Waals surface area contributed by atoms with Gasteiger partial charge in [-0.25, -0.2) is 4.98 Å². The van der Waals surface area contributed by atoms with Gasteiger partial charge in [0.1, 0.15) is 5.52 Å². The fraction of sp³-hybridized carbons (Fsp3) is 0.538. The number of aliphatic hydroxyl groups is 1. The highest BCUT2D eigenvalue weighted by Gasteiger charge is 2.25. The summed E-state index contributed by atoms with van der Waals surface area (Å²) >= 11 is 0. The van der Waals surface area contributed by atoms with E-state index in [4.69, 9.17) is 5.73 Å². The van der Waals surface area contributed by atoms with Crippen LogP contribution in [0.2, 0.25) is 0 Å². The van der Waals surface area contributed by atoms with Crippen LogP contribution in [-0.2, 0) is 0 Å². The van der Waals surface area contributed by atoms with E-state index in [0.29, 0.717) is 16.9 Å². The summed E-state index contributed by atoms with van der Waals surface area (Å²) in [7, 11) is 2.12. The van der Waals surface area contributed by atoms with Gasteiger partial charge in [-0.3, -0.25) is 9.78 Å². The molecule has 1 atom stereocenters. The van der Waals surface area contributed by atoms with E-state index in [1.807, 2.05) is 30.5 Å². The van der Waals surface area contributed by atoms with Crippen molar-refractivity contribution >= 4 is 22.8 Å². The van der Waals surface area contributed by atoms with Gasteiger partial charge in [0.15, 0.2) is 5.82 Å². The van der Waals surface area contributed by atoms with Crippen LogP contribution in [0.1, 0.15) is 57.7 Å². The van der Waals surface area contributed by atoms with Crippen LogP contribution >= 0.6 is 0 Å². The number of anilines is 2. The monoisotopic (exact) mass is 479 g/mol. The molecule has 0 aromatic carbocycles. The van der Waals surface area contributed by atoms with Crippen molar-refractivity contribution in [3.8, 4) is 11.1 Å². The molecule has 9 heteroatoms. The van der Waals surface area contributed by atoms with E-state index >= 15 is 0 Å². The Morgan fingerprint density at radius 3 is 2.60 bits per heavy atom. The molecule has 9 nitrogen and oxygen atoms in total. The number of fused-ring (bicyclic) bond motifs is 1. The van der Waals surface area contributed by atoms with Crippen LogP contribution in [0.15, 0.2) is 29.2 Å². The number of unbranched alkanes of at least 4 members (excludes halogenated alkanes) is 1. The van der Waals surface area contributed by atoms with Crippen molar-refractivity contribution in [1.29, 1.82) is 0 Å². The van der Waals surface area contributed by atoms with Crippen molar-refractivity contribution < 1.29 is 5.11 Å². The van der Waals surface area contributed by atoms with E-state index in [-0.39, 0.29) is 24.2 Å². The maximum Gasteiger partial charge on any atom is 0.251 e. The van der Waals surface area contributed by atoms with Gasteiger partial charge in [0, 0.05) is 29.6 Å². The van der Waals surface area contributed by atoms with E-state index in [2.05, 4.69) is 39.1 Å². The first-order valence-electron chi connectivity index (χ1n) is 12.5. The summed E-state index contributed by atoms with van der Waals surface area (Å²) in [5.74, 6) is 0.629. The quantitative estimate of drug-likeness (QED) is 0.450. The number of hydrogen-bond donors (Lipinski definition) is 3. The third kappa shape index (κ3) is 5.46. The van der Waals surface area contributed by atoms with Crippen LogP contribution in [0, 0.1) is 6.92 Å². The number of nitrogen functional groups attached to an aromatic ring is 1. The number of pyridine rings is 2. The molecule has 0 aliphatic carbocycles. The Bertz CT molecular complexity index is 1250. The van der Waals surface area contributed by atoms with Gasteiger partial charge in [0.05, 0.1) is 17.7 Å². The summed E-state index contributed by atoms with van der Waals surface area (Å²) in [4.78, 5) is 28.8. The standard InChI is InChI=1S/C26H37N7O2/c1-5-6-9-26(3,16-34)31-24-23-21(29-25(27)30-24)13-19(15-28-23)18-12-17(2)33(22(35)14-18)20-7-10-32(4)11-8-20/h12-15,20,34H,5-11,16H2,1-4H3,(H3,27,29,30,31)/t26-/m1/s1. The number of aromatic nitrogens is 4. The molecule has 4 heterocycles. The van der Waals surface area contributed by atoms with E-state index in [9.17, 15) is 9.90 Å². The number of likely N-dealkylation sites (tertiary alicyclic amines) is 1. The van der Waals surface area contributed by atoms with Crippen LogP contribution < -0.4 is 16.6 Å². The Hall–Kier alpha value is -3.04. The minimum Gasteiger partial charge on any atom is -0.394 e. The van der Waals surface area contributed by atoms with Gasteiger partial charge < -0.3 is 25.6 Å². The number of piperidine rings is 1. The first-order valence-corrected chi connectivity index (χ1v) is 12.5. The number of aryl methyl sites for hydroxylation is 1. The molecule has 0 amide bonds. The van der Waals surface area contributed by atoms with E-state index < -0.39 is 5.54 Å². The van der Waals surface area contributed by atoms with Crippen LogP contribution in [0.3, 0.4) is 0 Å². The second-order valence-electron chi connectivity index (χ2n) is 10.1. The third-order valence-electron chi connectivity index (χ3n) is 7.05. The zero-order valence-electron chi connectivity index (χ0n) is 21.2. The molecule has 0 spiro atoms. The van der Waals surface area contributed by atoms with Gasteiger partial charge in [0.2, 0.25) is 5.95 Å². The minimum absolute atomic E-state index is 0.00819. The number of nitrogens with one attached hydrogen (secondary N) is 1. The van der Waals surface area contributed by atoms with Crippen LogP contribution in [-0.4, -0.2) is 61.8 Å². The number of nitrogens with two attached hydrogens (primary N) is 1. The highest BCUT2D eigenvalue weighted by molar-refractivity contribution is 5.89. The lowest BCUT2D eigenvalue weighted by Crippen LogP contribution is -2.39. The largest absolute Gasteiger partial charge is 0.394 e. The van der Waals surface area contributed by atoms with E-state index in [1.165, 1.54) is 0 Å². The molecule has 1 aliphatic rings. The summed E-state index contributed by atoms with van der Waals surface area (Å²) in [5.41, 5.74) is 9.21. The number of aliphatic hydroxyl groups excluding tert-OH is 1. The molecular weight excluding hydrogens is 442 g/mol. The molecule has 0 unspecified atom stereocenters. The first-order chi connectivity index (χ1) is 16.7. The molecule has 1 fully saturated rings. The van der Waals surface area contributed by atoms with Crippen molar-refractivity contribution in [2.75, 3.05) is 37.8 Å². The summed E-state index contributed by atoms with van der Waals surface area (Å²) in [6.07, 6.45) is 6.49. The molecule has 4 rings (SSSR count). The summed E-state index contributed by atoms with van der Waals surface area (Å²) in [6.45, 7) is 8.03. The Labute approximate surface area is 206 Å². The SMILES string of the molecule is CCCC[C@](C)(CO)Nc1nc(N)nc2cc(-c3cc(C)n(C4CCN(C)CC4)c(=O)c3)cnc12. The van der Waals surface area contributed by atoms with Crippen molar-refractivity contribution in [2.24, 2.45) is 0 Å². The van der Waals surface area contributed by atoms with E-state index in [1.54, 1.807) is 12.3 Å². The Kier molecular flexibility index (Phi) is 7.37. The highest BCUT2D eigenvalue weighted by atomic mass is 16.3. The van der Waals surface area contributed by atoms with Gasteiger partial charge in [-0.2, -0.15) is 4.98 Å². The average molecular weight is 480 g/mol. The highest BCUT2D eigenvalue weighted by Crippen LogP contribution is 2.29. The zero-order valence-corrected chi connectivity index (χ0v) is 21.2. The smallest absolute Gasteiger partial charge is 0.251 e. The van der Waals surface area contributed by atoms with Crippen molar-refractivity contribution in [2.45, 2.75) is 64.5 Å². The Morgan fingerprint density at radius 1 is 1.20 bits per heavy atom. The van der Waals surface area contributed by atoms with Gasteiger partial charge >= 0.3 is 0 Å². The lowest BCUT2D eigenvalue weighted by molar-refractivity contribution is 0.212. The lowest BCUT2D eigenvalue weighted by atomic mass is 9.96. The van der Waals surface area contributed by atoms with Crippen molar-refractivity contribution in [3.63, 3.8) is 0 Å². The van der Waals surface area contributed by atoms with E-state index in [0.717, 1.165) is 62.0 Å². The molecule has 3 aromatic rings. The lowest BCUT2D eigenvalue weighted by Gasteiger charge is -2.31. The molecule has 0 bridgehead atoms. The van der Waals surface area contributed by atoms with Gasteiger partial charge in [0.25, 0.3) is 5.56 Å². The number of nitrogens with zero attached hydrogens (tertiary/aromatic N) is 5. The number of hydrogen-bond acceptors (Lipinski definition) is 8. The third-order valence-corrected chi connectivity index (χ3v) is 7.05. The molecule has 0 saturated carbocycles. The Balaban J connectivity index is 1.68. The molecule has 35 heavy (non-hydrogen) atoms. The second-order valence-corrected chi connectivity index (χ2v) is 10.1. The maximum atomic E-state index is 13.1. The van der Waals surface area contributed by atoms with Crippen molar-refractivity contribution in [3.05, 3.63) is 40.4 Å². The van der Waals surface area contributed by atoms with Gasteiger partial charge in [-0.15, -0.1) is 0 Å². The summed E-state index contributed by atoms with van der Waals surface area (Å²) in [5, 5.41) is 13.3. The molecule has 188 valence electrons. The normalized spacial score (nSPS) is 16.9. The Morgan fingerprint density at radius 2 is 1.94 bits per heavy atom. The number of rotatable bonds is 8. The molecule has 4 N–H and O–H groups in total. The maximum absolute atomic E-state index is 13.1. The molecule has 0 radical (unpaired) electrons. The summed E-state index contributed by atoms with van der Waals surface area (Å²) in [6, 6.07) is 5.85. The van der Waals surface area contributed by atoms with Crippen molar-refractivity contribution in [1.82, 2.24) is 24.4 Å². The molecular formula is C26H37N7O2. The second kappa shape index (κ2) is 10.3. The van der Waals surface area contributed by atoms with Gasteiger partial charge in [-0.1, -0.05) is 19.8 Å². The summed E-state index contributed by atoms with van der Waals surface area (Å²) < 4.78 is 1.93. The van der Waals surface area contributed by atoms with Gasteiger partial charge in [-0.05, 0) is 70.9 Å². The fourth-order valence-corrected chi connectivity index (χ4v) is 4.92. The molecule has 1 saturated heterocycles.